The Bertz CT molecular complexity index is 825. The third-order valence-electron chi connectivity index (χ3n) is 6.45. The molecule has 1 saturated carbocycles. The van der Waals surface area contributed by atoms with Gasteiger partial charge in [-0.25, -0.2) is 8.78 Å². The van der Waals surface area contributed by atoms with Crippen molar-refractivity contribution in [2.45, 2.75) is 37.7 Å². The van der Waals surface area contributed by atoms with E-state index in [1.165, 1.54) is 11.6 Å². The molecule has 4 rings (SSSR count). The SMILES string of the molecule is CC(CN1C[C@@H]2CC(O)(Cc3ccc(F)c(F)c3)C[C@@H]2C1)c1ccc(O)cc1. The first-order chi connectivity index (χ1) is 13.3. The third-order valence-corrected chi connectivity index (χ3v) is 6.45. The second kappa shape index (κ2) is 7.45. The fourth-order valence-electron chi connectivity index (χ4n) is 5.18. The Morgan fingerprint density at radius 3 is 2.29 bits per heavy atom. The van der Waals surface area contributed by atoms with Crippen LogP contribution in [0, 0.1) is 23.5 Å². The highest BCUT2D eigenvalue weighted by atomic mass is 19.2. The van der Waals surface area contributed by atoms with E-state index in [0.29, 0.717) is 42.6 Å². The number of aromatic hydroxyl groups is 1. The summed E-state index contributed by atoms with van der Waals surface area (Å²) in [4.78, 5) is 2.46. The molecule has 0 spiro atoms. The fourth-order valence-corrected chi connectivity index (χ4v) is 5.18. The van der Waals surface area contributed by atoms with E-state index in [0.717, 1.165) is 25.7 Å². The molecule has 4 atom stereocenters. The van der Waals surface area contributed by atoms with E-state index < -0.39 is 17.2 Å². The molecule has 3 nitrogen and oxygen atoms in total. The van der Waals surface area contributed by atoms with Crippen LogP contribution in [0.25, 0.3) is 0 Å². The molecule has 1 aliphatic heterocycles. The van der Waals surface area contributed by atoms with Crippen LogP contribution in [0.5, 0.6) is 5.75 Å². The first-order valence-corrected chi connectivity index (χ1v) is 9.99. The predicted molar refractivity (Wildman–Crippen MR) is 104 cm³/mol. The molecule has 1 aliphatic carbocycles. The van der Waals surface area contributed by atoms with Gasteiger partial charge in [0.25, 0.3) is 0 Å². The van der Waals surface area contributed by atoms with Crippen molar-refractivity contribution in [1.29, 1.82) is 0 Å². The van der Waals surface area contributed by atoms with Gasteiger partial charge >= 0.3 is 0 Å². The number of phenols is 1. The van der Waals surface area contributed by atoms with Gasteiger partial charge in [0.05, 0.1) is 5.60 Å². The van der Waals surface area contributed by atoms with Gasteiger partial charge in [0, 0.05) is 26.1 Å². The Morgan fingerprint density at radius 2 is 1.68 bits per heavy atom. The normalized spacial score (nSPS) is 28.4. The highest BCUT2D eigenvalue weighted by Crippen LogP contribution is 2.45. The molecule has 2 aromatic carbocycles. The van der Waals surface area contributed by atoms with Gasteiger partial charge < -0.3 is 15.1 Å². The topological polar surface area (TPSA) is 43.7 Å². The molecule has 28 heavy (non-hydrogen) atoms. The van der Waals surface area contributed by atoms with E-state index in [1.807, 2.05) is 12.1 Å². The number of fused-ring (bicyclic) bond motifs is 1. The van der Waals surface area contributed by atoms with Crippen LogP contribution in [0.15, 0.2) is 42.5 Å². The molecule has 150 valence electrons. The molecular formula is C23H27F2NO2. The quantitative estimate of drug-likeness (QED) is 0.812. The Morgan fingerprint density at radius 1 is 1.04 bits per heavy atom. The van der Waals surface area contributed by atoms with Crippen LogP contribution in [0.3, 0.4) is 0 Å². The molecule has 1 saturated heterocycles. The number of phenolic OH excluding ortho intramolecular Hbond substituents is 1. The summed E-state index contributed by atoms with van der Waals surface area (Å²) < 4.78 is 26.6. The molecule has 5 heteroatoms. The van der Waals surface area contributed by atoms with Crippen molar-refractivity contribution in [1.82, 2.24) is 4.90 Å². The zero-order valence-corrected chi connectivity index (χ0v) is 16.1. The van der Waals surface area contributed by atoms with Gasteiger partial charge in [-0.15, -0.1) is 0 Å². The van der Waals surface area contributed by atoms with Crippen molar-refractivity contribution in [3.63, 3.8) is 0 Å². The van der Waals surface area contributed by atoms with Gasteiger partial charge in [0.1, 0.15) is 5.75 Å². The minimum atomic E-state index is -0.853. The lowest BCUT2D eigenvalue weighted by Crippen LogP contribution is -2.33. The highest BCUT2D eigenvalue weighted by molar-refractivity contribution is 5.28. The second-order valence-electron chi connectivity index (χ2n) is 8.79. The van der Waals surface area contributed by atoms with Gasteiger partial charge in [0.2, 0.25) is 0 Å². The zero-order chi connectivity index (χ0) is 19.9. The van der Waals surface area contributed by atoms with Gasteiger partial charge in [-0.05, 0) is 66.0 Å². The molecule has 2 unspecified atom stereocenters. The van der Waals surface area contributed by atoms with Gasteiger partial charge in [-0.1, -0.05) is 25.1 Å². The monoisotopic (exact) mass is 387 g/mol. The van der Waals surface area contributed by atoms with Crippen molar-refractivity contribution < 1.29 is 19.0 Å². The van der Waals surface area contributed by atoms with Crippen LogP contribution in [-0.4, -0.2) is 40.3 Å². The smallest absolute Gasteiger partial charge is 0.159 e. The van der Waals surface area contributed by atoms with Gasteiger partial charge in [0.15, 0.2) is 11.6 Å². The first-order valence-electron chi connectivity index (χ1n) is 9.99. The molecule has 1 heterocycles. The van der Waals surface area contributed by atoms with Crippen LogP contribution in [0.1, 0.15) is 36.8 Å². The summed E-state index contributed by atoms with van der Waals surface area (Å²) in [6.45, 7) is 5.08. The van der Waals surface area contributed by atoms with Crippen molar-refractivity contribution in [2.75, 3.05) is 19.6 Å². The molecule has 0 aromatic heterocycles. The Balaban J connectivity index is 1.33. The summed E-state index contributed by atoms with van der Waals surface area (Å²) in [5, 5.41) is 20.5. The van der Waals surface area contributed by atoms with Crippen molar-refractivity contribution in [3.8, 4) is 5.75 Å². The van der Waals surface area contributed by atoms with Crippen LogP contribution < -0.4 is 0 Å². The summed E-state index contributed by atoms with van der Waals surface area (Å²) >= 11 is 0. The summed E-state index contributed by atoms with van der Waals surface area (Å²) in [6.07, 6.45) is 1.79. The third kappa shape index (κ3) is 4.06. The van der Waals surface area contributed by atoms with Gasteiger partial charge in [-0.2, -0.15) is 0 Å². The first kappa shape index (κ1) is 19.3. The van der Waals surface area contributed by atoms with Gasteiger partial charge in [-0.3, -0.25) is 0 Å². The average molecular weight is 387 g/mol. The molecule has 0 amide bonds. The minimum absolute atomic E-state index is 0.284. The number of hydrogen-bond donors (Lipinski definition) is 2. The summed E-state index contributed by atoms with van der Waals surface area (Å²) in [6, 6.07) is 11.3. The maximum Gasteiger partial charge on any atom is 0.159 e. The minimum Gasteiger partial charge on any atom is -0.508 e. The van der Waals surface area contributed by atoms with E-state index in [9.17, 15) is 19.0 Å². The lowest BCUT2D eigenvalue weighted by Gasteiger charge is -2.27. The lowest BCUT2D eigenvalue weighted by atomic mass is 9.91. The Kier molecular flexibility index (Phi) is 5.15. The summed E-state index contributed by atoms with van der Waals surface area (Å²) in [7, 11) is 0. The lowest BCUT2D eigenvalue weighted by molar-refractivity contribution is 0.0352. The van der Waals surface area contributed by atoms with E-state index in [-0.39, 0.29) is 5.75 Å². The number of halogens is 2. The molecule has 0 bridgehead atoms. The number of aliphatic hydroxyl groups is 1. The number of benzene rings is 2. The summed E-state index contributed by atoms with van der Waals surface area (Å²) in [5.74, 6) is -0.150. The van der Waals surface area contributed by atoms with E-state index >= 15 is 0 Å². The summed E-state index contributed by atoms with van der Waals surface area (Å²) in [5.41, 5.74) is 1.04. The van der Waals surface area contributed by atoms with Crippen molar-refractivity contribution in [3.05, 3.63) is 65.2 Å². The number of likely N-dealkylation sites (tertiary alicyclic amines) is 1. The molecular weight excluding hydrogens is 360 g/mol. The standard InChI is InChI=1S/C23H27F2NO2/c1-15(17-3-5-20(27)6-4-17)12-26-13-18-10-23(28,11-19(18)14-26)9-16-2-7-21(24)22(25)8-16/h2-8,15,18-19,27-28H,9-14H2,1H3/t15?,18-,19+,23?. The van der Waals surface area contributed by atoms with E-state index in [1.54, 1.807) is 18.2 Å². The zero-order valence-electron chi connectivity index (χ0n) is 16.1. The van der Waals surface area contributed by atoms with Crippen molar-refractivity contribution in [2.24, 2.45) is 11.8 Å². The number of hydrogen-bond acceptors (Lipinski definition) is 3. The Labute approximate surface area is 164 Å². The van der Waals surface area contributed by atoms with Crippen LogP contribution in [0.4, 0.5) is 8.78 Å². The predicted octanol–water partition coefficient (Wildman–Crippen LogP) is 4.09. The maximum absolute atomic E-state index is 13.5. The van der Waals surface area contributed by atoms with Crippen molar-refractivity contribution >= 4 is 0 Å². The fraction of sp³-hybridized carbons (Fsp3) is 0.478. The number of rotatable bonds is 5. The molecule has 2 fully saturated rings. The van der Waals surface area contributed by atoms with E-state index in [4.69, 9.17) is 0 Å². The maximum atomic E-state index is 13.5. The van der Waals surface area contributed by atoms with Crippen LogP contribution in [0.2, 0.25) is 0 Å². The average Bonchev–Trinajstić information content (AvgIpc) is 3.12. The number of nitrogens with zero attached hydrogens (tertiary/aromatic N) is 1. The Hall–Kier alpha value is -1.98. The molecule has 0 radical (unpaired) electrons. The largest absolute Gasteiger partial charge is 0.508 e. The highest BCUT2D eigenvalue weighted by Gasteiger charge is 2.48. The molecule has 2 aliphatic rings. The van der Waals surface area contributed by atoms with Crippen LogP contribution >= 0.6 is 0 Å². The van der Waals surface area contributed by atoms with Crippen LogP contribution in [-0.2, 0) is 6.42 Å². The second-order valence-corrected chi connectivity index (χ2v) is 8.79. The molecule has 2 N–H and O–H groups in total. The molecule has 2 aromatic rings. The van der Waals surface area contributed by atoms with E-state index in [2.05, 4.69) is 11.8 Å².